The fourth-order valence-corrected chi connectivity index (χ4v) is 4.61. The summed E-state index contributed by atoms with van der Waals surface area (Å²) in [6.45, 7) is 3.30. The molecular weight excluding hydrogens is 384 g/mol. The molecule has 1 saturated heterocycles. The number of amides is 2. The number of nitrogens with one attached hydrogen (secondary N) is 3. The molecule has 1 aromatic heterocycles. The summed E-state index contributed by atoms with van der Waals surface area (Å²) >= 11 is 0. The van der Waals surface area contributed by atoms with Crippen LogP contribution in [0.2, 0.25) is 0 Å². The molecule has 1 aliphatic heterocycles. The first-order valence-electron chi connectivity index (χ1n) is 10.9. The van der Waals surface area contributed by atoms with Gasteiger partial charge in [0.25, 0.3) is 0 Å². The molecule has 3 aromatic carbocycles. The van der Waals surface area contributed by atoms with Gasteiger partial charge in [-0.25, -0.2) is 4.79 Å². The van der Waals surface area contributed by atoms with Crippen LogP contribution in [-0.4, -0.2) is 42.1 Å². The lowest BCUT2D eigenvalue weighted by molar-refractivity contribution is -0.929. The number of carbonyl (C=O) groups excluding carboxylic acids is 1. The average molecular weight is 412 g/mol. The van der Waals surface area contributed by atoms with Gasteiger partial charge in [0.1, 0.15) is 6.04 Å². The number of para-hydroxylation sites is 1. The highest BCUT2D eigenvalue weighted by molar-refractivity contribution is 6.00. The number of hydrogen-bond donors (Lipinski definition) is 3. The van der Waals surface area contributed by atoms with E-state index in [1.165, 1.54) is 16.0 Å². The zero-order valence-corrected chi connectivity index (χ0v) is 17.4. The smallest absolute Gasteiger partial charge is 0.322 e. The summed E-state index contributed by atoms with van der Waals surface area (Å²) < 4.78 is 0. The minimum atomic E-state index is -0.0280. The van der Waals surface area contributed by atoms with Crippen LogP contribution in [0.1, 0.15) is 17.2 Å². The van der Waals surface area contributed by atoms with E-state index in [1.807, 2.05) is 35.4 Å². The number of piperazine rings is 1. The Bertz CT molecular complexity index is 1110. The van der Waals surface area contributed by atoms with Gasteiger partial charge in [-0.1, -0.05) is 78.9 Å². The van der Waals surface area contributed by atoms with Gasteiger partial charge in [-0.3, -0.25) is 0 Å². The molecule has 5 rings (SSSR count). The number of fused-ring (bicyclic) bond motifs is 1. The molecule has 0 bridgehead atoms. The molecule has 0 spiro atoms. The van der Waals surface area contributed by atoms with Crippen molar-refractivity contribution in [1.29, 1.82) is 0 Å². The number of quaternary nitrogens is 1. The average Bonchev–Trinajstić information content (AvgIpc) is 3.24. The summed E-state index contributed by atoms with van der Waals surface area (Å²) in [6, 6.07) is 29.7. The molecular formula is C26H27N4O+. The van der Waals surface area contributed by atoms with Crippen molar-refractivity contribution in [2.45, 2.75) is 6.04 Å². The molecule has 2 heterocycles. The Kier molecular flexibility index (Phi) is 5.42. The van der Waals surface area contributed by atoms with Crippen LogP contribution in [0.25, 0.3) is 10.9 Å². The van der Waals surface area contributed by atoms with Gasteiger partial charge in [0.05, 0.1) is 31.9 Å². The van der Waals surface area contributed by atoms with Crippen molar-refractivity contribution in [3.05, 3.63) is 102 Å². The third-order valence-electron chi connectivity index (χ3n) is 6.20. The standard InChI is InChI=1S/C26H26N4O/c31-26(28-24-19-27-23-14-8-7-13-22(23)24)30-17-15-29(16-18-30)25(20-9-3-1-4-10-20)21-11-5-2-6-12-21/h1-14,19,25,27H,15-18H2,(H,28,31)/p+1. The normalized spacial score (nSPS) is 14.8. The lowest BCUT2D eigenvalue weighted by atomic mass is 9.96. The maximum atomic E-state index is 12.9. The van der Waals surface area contributed by atoms with Crippen molar-refractivity contribution in [1.82, 2.24) is 9.88 Å². The van der Waals surface area contributed by atoms with Crippen LogP contribution in [0, 0.1) is 0 Å². The van der Waals surface area contributed by atoms with Gasteiger partial charge in [-0.2, -0.15) is 0 Å². The summed E-state index contributed by atoms with van der Waals surface area (Å²) in [7, 11) is 0. The number of rotatable bonds is 4. The largest absolute Gasteiger partial charge is 0.359 e. The molecule has 5 nitrogen and oxygen atoms in total. The minimum Gasteiger partial charge on any atom is -0.359 e. The van der Waals surface area contributed by atoms with Gasteiger partial charge >= 0.3 is 6.03 Å². The first-order valence-corrected chi connectivity index (χ1v) is 10.9. The number of H-pyrrole nitrogens is 1. The molecule has 156 valence electrons. The fraction of sp³-hybridized carbons (Fsp3) is 0.192. The molecule has 4 aromatic rings. The number of aromatic amines is 1. The van der Waals surface area contributed by atoms with E-state index < -0.39 is 0 Å². The zero-order chi connectivity index (χ0) is 21.0. The van der Waals surface area contributed by atoms with E-state index in [9.17, 15) is 4.79 Å². The van der Waals surface area contributed by atoms with Crippen LogP contribution in [0.15, 0.2) is 91.1 Å². The van der Waals surface area contributed by atoms with Crippen molar-refractivity contribution >= 4 is 22.6 Å². The Labute approximate surface area is 182 Å². The fourth-order valence-electron chi connectivity index (χ4n) is 4.61. The maximum Gasteiger partial charge on any atom is 0.322 e. The van der Waals surface area contributed by atoms with Gasteiger partial charge in [-0.05, 0) is 6.07 Å². The van der Waals surface area contributed by atoms with Crippen molar-refractivity contribution < 1.29 is 9.69 Å². The molecule has 0 atom stereocenters. The SMILES string of the molecule is O=C(Nc1c[nH]c2ccccc12)N1CC[NH+](C(c2ccccc2)c2ccccc2)CC1. The van der Waals surface area contributed by atoms with Crippen molar-refractivity contribution in [2.75, 3.05) is 31.5 Å². The summed E-state index contributed by atoms with van der Waals surface area (Å²) in [6.07, 6.45) is 1.87. The highest BCUT2D eigenvalue weighted by Crippen LogP contribution is 2.23. The van der Waals surface area contributed by atoms with Crippen molar-refractivity contribution in [3.63, 3.8) is 0 Å². The summed E-state index contributed by atoms with van der Waals surface area (Å²) in [5.41, 5.74) is 4.50. The van der Waals surface area contributed by atoms with Crippen LogP contribution in [0.3, 0.4) is 0 Å². The third kappa shape index (κ3) is 4.05. The number of benzene rings is 3. The van der Waals surface area contributed by atoms with E-state index >= 15 is 0 Å². The Morgan fingerprint density at radius 3 is 2.06 bits per heavy atom. The number of carbonyl (C=O) groups is 1. The molecule has 1 aliphatic rings. The van der Waals surface area contributed by atoms with Gasteiger partial charge in [-0.15, -0.1) is 0 Å². The van der Waals surface area contributed by atoms with E-state index in [4.69, 9.17) is 0 Å². The van der Waals surface area contributed by atoms with Crippen LogP contribution in [0.5, 0.6) is 0 Å². The predicted molar refractivity (Wildman–Crippen MR) is 124 cm³/mol. The van der Waals surface area contributed by atoms with Crippen LogP contribution in [0.4, 0.5) is 10.5 Å². The highest BCUT2D eigenvalue weighted by Gasteiger charge is 2.31. The monoisotopic (exact) mass is 411 g/mol. The molecule has 5 heteroatoms. The molecule has 3 N–H and O–H groups in total. The van der Waals surface area contributed by atoms with Gasteiger partial charge < -0.3 is 20.1 Å². The van der Waals surface area contributed by atoms with Crippen molar-refractivity contribution in [2.24, 2.45) is 0 Å². The number of aromatic nitrogens is 1. The number of nitrogens with zero attached hydrogens (tertiary/aromatic N) is 1. The molecule has 0 aliphatic carbocycles. The Morgan fingerprint density at radius 1 is 0.839 bits per heavy atom. The first-order chi connectivity index (χ1) is 15.3. The number of hydrogen-bond acceptors (Lipinski definition) is 1. The second kappa shape index (κ2) is 8.66. The maximum absolute atomic E-state index is 12.9. The molecule has 0 saturated carbocycles. The predicted octanol–water partition coefficient (Wildman–Crippen LogP) is 3.69. The molecule has 0 radical (unpaired) electrons. The minimum absolute atomic E-state index is 0.0280. The van der Waals surface area contributed by atoms with Crippen molar-refractivity contribution in [3.8, 4) is 0 Å². The molecule has 1 fully saturated rings. The Hall–Kier alpha value is -3.57. The number of anilines is 1. The Morgan fingerprint density at radius 2 is 1.42 bits per heavy atom. The molecule has 31 heavy (non-hydrogen) atoms. The highest BCUT2D eigenvalue weighted by atomic mass is 16.2. The van der Waals surface area contributed by atoms with Crippen LogP contribution >= 0.6 is 0 Å². The Balaban J connectivity index is 1.29. The topological polar surface area (TPSA) is 52.6 Å². The molecule has 0 unspecified atom stereocenters. The van der Waals surface area contributed by atoms with E-state index in [0.29, 0.717) is 0 Å². The quantitative estimate of drug-likeness (QED) is 0.471. The van der Waals surface area contributed by atoms with Gasteiger partial charge in [0.15, 0.2) is 0 Å². The summed E-state index contributed by atoms with van der Waals surface area (Å²) in [5, 5.41) is 4.12. The number of urea groups is 1. The third-order valence-corrected chi connectivity index (χ3v) is 6.20. The lowest BCUT2D eigenvalue weighted by Gasteiger charge is -2.37. The summed E-state index contributed by atoms with van der Waals surface area (Å²) in [4.78, 5) is 19.6. The van der Waals surface area contributed by atoms with E-state index in [1.54, 1.807) is 0 Å². The van der Waals surface area contributed by atoms with Gasteiger partial charge in [0, 0.05) is 28.2 Å². The zero-order valence-electron chi connectivity index (χ0n) is 17.4. The summed E-state index contributed by atoms with van der Waals surface area (Å²) in [5.74, 6) is 0. The van der Waals surface area contributed by atoms with Crippen LogP contribution in [-0.2, 0) is 0 Å². The second-order valence-corrected chi connectivity index (χ2v) is 8.08. The van der Waals surface area contributed by atoms with E-state index in [2.05, 4.69) is 71.0 Å². The molecule has 2 amide bonds. The van der Waals surface area contributed by atoms with Crippen LogP contribution < -0.4 is 10.2 Å². The first kappa shape index (κ1) is 19.4. The second-order valence-electron chi connectivity index (χ2n) is 8.08. The lowest BCUT2D eigenvalue weighted by Crippen LogP contribution is -3.15. The van der Waals surface area contributed by atoms with E-state index in [0.717, 1.165) is 42.8 Å². The van der Waals surface area contributed by atoms with Gasteiger partial charge in [0.2, 0.25) is 0 Å². The van der Waals surface area contributed by atoms with E-state index in [-0.39, 0.29) is 12.1 Å².